The molecular formula is C17H29N3. The van der Waals surface area contributed by atoms with Crippen LogP contribution in [0.1, 0.15) is 25.0 Å². The molecule has 20 heavy (non-hydrogen) atoms. The average molecular weight is 275 g/mol. The lowest BCUT2D eigenvalue weighted by atomic mass is 10.1. The van der Waals surface area contributed by atoms with Gasteiger partial charge in [0.05, 0.1) is 0 Å². The molecule has 1 heterocycles. The maximum Gasteiger partial charge on any atom is 0.0397 e. The van der Waals surface area contributed by atoms with Crippen molar-refractivity contribution in [1.82, 2.24) is 10.2 Å². The molecule has 0 bridgehead atoms. The SMILES string of the molecule is Cc1cc(CNCC(C)C)ccc1N1CCN(C)CC1. The minimum absolute atomic E-state index is 0.709. The minimum Gasteiger partial charge on any atom is -0.369 e. The van der Waals surface area contributed by atoms with Gasteiger partial charge in [0.2, 0.25) is 0 Å². The fourth-order valence-electron chi connectivity index (χ4n) is 2.73. The van der Waals surface area contributed by atoms with Crippen LogP contribution in [0, 0.1) is 12.8 Å². The monoisotopic (exact) mass is 275 g/mol. The number of anilines is 1. The van der Waals surface area contributed by atoms with Crippen molar-refractivity contribution in [2.45, 2.75) is 27.3 Å². The third-order valence-corrected chi connectivity index (χ3v) is 3.99. The summed E-state index contributed by atoms with van der Waals surface area (Å²) in [6.45, 7) is 13.4. The van der Waals surface area contributed by atoms with E-state index in [9.17, 15) is 0 Å². The molecule has 1 saturated heterocycles. The normalized spacial score (nSPS) is 16.9. The molecule has 0 radical (unpaired) electrons. The van der Waals surface area contributed by atoms with Crippen molar-refractivity contribution in [2.24, 2.45) is 5.92 Å². The van der Waals surface area contributed by atoms with E-state index in [4.69, 9.17) is 0 Å². The van der Waals surface area contributed by atoms with Crippen LogP contribution in [0.5, 0.6) is 0 Å². The second-order valence-electron chi connectivity index (χ2n) is 6.44. The lowest BCUT2D eigenvalue weighted by Gasteiger charge is -2.35. The van der Waals surface area contributed by atoms with Gasteiger partial charge in [-0.3, -0.25) is 0 Å². The fourth-order valence-corrected chi connectivity index (χ4v) is 2.73. The van der Waals surface area contributed by atoms with E-state index >= 15 is 0 Å². The van der Waals surface area contributed by atoms with Crippen molar-refractivity contribution >= 4 is 5.69 Å². The first-order valence-electron chi connectivity index (χ1n) is 7.80. The van der Waals surface area contributed by atoms with Gasteiger partial charge >= 0.3 is 0 Å². The molecule has 0 aromatic heterocycles. The second-order valence-corrected chi connectivity index (χ2v) is 6.44. The van der Waals surface area contributed by atoms with E-state index < -0.39 is 0 Å². The fraction of sp³-hybridized carbons (Fsp3) is 0.647. The van der Waals surface area contributed by atoms with Crippen molar-refractivity contribution in [2.75, 3.05) is 44.7 Å². The Kier molecular flexibility index (Phi) is 5.44. The maximum atomic E-state index is 3.51. The van der Waals surface area contributed by atoms with Crippen molar-refractivity contribution in [3.63, 3.8) is 0 Å². The summed E-state index contributed by atoms with van der Waals surface area (Å²) in [5.41, 5.74) is 4.20. The van der Waals surface area contributed by atoms with E-state index in [-0.39, 0.29) is 0 Å². The molecule has 0 unspecified atom stereocenters. The minimum atomic E-state index is 0.709. The van der Waals surface area contributed by atoms with E-state index in [1.807, 2.05) is 0 Å². The molecule has 0 aliphatic carbocycles. The quantitative estimate of drug-likeness (QED) is 0.891. The van der Waals surface area contributed by atoms with E-state index in [1.165, 1.54) is 16.8 Å². The summed E-state index contributed by atoms with van der Waals surface area (Å²) in [4.78, 5) is 4.91. The highest BCUT2D eigenvalue weighted by Crippen LogP contribution is 2.22. The summed E-state index contributed by atoms with van der Waals surface area (Å²) in [6.07, 6.45) is 0. The van der Waals surface area contributed by atoms with Crippen LogP contribution in [0.15, 0.2) is 18.2 Å². The Morgan fingerprint density at radius 1 is 1.15 bits per heavy atom. The number of likely N-dealkylation sites (N-methyl/N-ethyl adjacent to an activating group) is 1. The Labute approximate surface area is 124 Å². The molecule has 112 valence electrons. The standard InChI is InChI=1S/C17H29N3/c1-14(2)12-18-13-16-5-6-17(15(3)11-16)20-9-7-19(4)8-10-20/h5-6,11,14,18H,7-10,12-13H2,1-4H3. The molecular weight excluding hydrogens is 246 g/mol. The lowest BCUT2D eigenvalue weighted by Crippen LogP contribution is -2.44. The smallest absolute Gasteiger partial charge is 0.0397 e. The number of hydrogen-bond acceptors (Lipinski definition) is 3. The molecule has 1 aliphatic rings. The first-order chi connectivity index (χ1) is 9.56. The van der Waals surface area contributed by atoms with Crippen LogP contribution in [-0.2, 0) is 6.54 Å². The molecule has 0 amide bonds. The van der Waals surface area contributed by atoms with Crippen LogP contribution >= 0.6 is 0 Å². The van der Waals surface area contributed by atoms with Crippen molar-refractivity contribution in [1.29, 1.82) is 0 Å². The summed E-state index contributed by atoms with van der Waals surface area (Å²) in [5, 5.41) is 3.51. The zero-order valence-electron chi connectivity index (χ0n) is 13.4. The Hall–Kier alpha value is -1.06. The number of hydrogen-bond donors (Lipinski definition) is 1. The predicted molar refractivity (Wildman–Crippen MR) is 87.4 cm³/mol. The number of nitrogens with zero attached hydrogens (tertiary/aromatic N) is 2. The molecule has 1 N–H and O–H groups in total. The van der Waals surface area contributed by atoms with Crippen LogP contribution in [0.25, 0.3) is 0 Å². The molecule has 0 atom stereocenters. The number of piperazine rings is 1. The third-order valence-electron chi connectivity index (χ3n) is 3.99. The predicted octanol–water partition coefficient (Wildman–Crippen LogP) is 2.49. The van der Waals surface area contributed by atoms with Gasteiger partial charge < -0.3 is 15.1 Å². The molecule has 0 spiro atoms. The second kappa shape index (κ2) is 7.09. The zero-order chi connectivity index (χ0) is 14.5. The molecule has 1 fully saturated rings. The Morgan fingerprint density at radius 2 is 1.85 bits per heavy atom. The van der Waals surface area contributed by atoms with Crippen LogP contribution < -0.4 is 10.2 Å². The molecule has 3 nitrogen and oxygen atoms in total. The highest BCUT2D eigenvalue weighted by molar-refractivity contribution is 5.54. The van der Waals surface area contributed by atoms with E-state index in [2.05, 4.69) is 61.1 Å². The van der Waals surface area contributed by atoms with Gasteiger partial charge in [-0.15, -0.1) is 0 Å². The van der Waals surface area contributed by atoms with E-state index in [0.29, 0.717) is 5.92 Å². The first kappa shape index (κ1) is 15.3. The van der Waals surface area contributed by atoms with Crippen molar-refractivity contribution < 1.29 is 0 Å². The van der Waals surface area contributed by atoms with Crippen LogP contribution in [0.3, 0.4) is 0 Å². The summed E-state index contributed by atoms with van der Waals surface area (Å²) in [7, 11) is 2.20. The molecule has 1 aromatic carbocycles. The third kappa shape index (κ3) is 4.22. The van der Waals surface area contributed by atoms with Crippen LogP contribution in [0.4, 0.5) is 5.69 Å². The topological polar surface area (TPSA) is 18.5 Å². The van der Waals surface area contributed by atoms with Crippen LogP contribution in [-0.4, -0.2) is 44.7 Å². The number of rotatable bonds is 5. The van der Waals surface area contributed by atoms with Gasteiger partial charge in [0, 0.05) is 38.4 Å². The molecule has 1 aromatic rings. The first-order valence-corrected chi connectivity index (χ1v) is 7.80. The van der Waals surface area contributed by atoms with Gasteiger partial charge in [0.25, 0.3) is 0 Å². The zero-order valence-corrected chi connectivity index (χ0v) is 13.4. The summed E-state index contributed by atoms with van der Waals surface area (Å²) < 4.78 is 0. The van der Waals surface area contributed by atoms with Gasteiger partial charge in [0.15, 0.2) is 0 Å². The molecule has 2 rings (SSSR count). The maximum absolute atomic E-state index is 3.51. The summed E-state index contributed by atoms with van der Waals surface area (Å²) >= 11 is 0. The Balaban J connectivity index is 1.95. The van der Waals surface area contributed by atoms with E-state index in [0.717, 1.165) is 39.3 Å². The van der Waals surface area contributed by atoms with Crippen molar-refractivity contribution in [3.05, 3.63) is 29.3 Å². The van der Waals surface area contributed by atoms with Gasteiger partial charge in [0.1, 0.15) is 0 Å². The Bertz CT molecular complexity index is 420. The van der Waals surface area contributed by atoms with Gasteiger partial charge in [-0.2, -0.15) is 0 Å². The Morgan fingerprint density at radius 3 is 2.45 bits per heavy atom. The highest BCUT2D eigenvalue weighted by atomic mass is 15.2. The summed E-state index contributed by atoms with van der Waals surface area (Å²) in [5.74, 6) is 0.709. The average Bonchev–Trinajstić information content (AvgIpc) is 2.40. The van der Waals surface area contributed by atoms with Crippen LogP contribution in [0.2, 0.25) is 0 Å². The molecule has 1 aliphatic heterocycles. The van der Waals surface area contributed by atoms with Crippen molar-refractivity contribution in [3.8, 4) is 0 Å². The van der Waals surface area contributed by atoms with E-state index in [1.54, 1.807) is 0 Å². The number of nitrogens with one attached hydrogen (secondary N) is 1. The summed E-state index contributed by atoms with van der Waals surface area (Å²) in [6, 6.07) is 6.90. The largest absolute Gasteiger partial charge is 0.369 e. The van der Waals surface area contributed by atoms with Gasteiger partial charge in [-0.05, 0) is 43.6 Å². The highest BCUT2D eigenvalue weighted by Gasteiger charge is 2.15. The number of aryl methyl sites for hydroxylation is 1. The number of benzene rings is 1. The molecule has 3 heteroatoms. The van der Waals surface area contributed by atoms with Gasteiger partial charge in [-0.25, -0.2) is 0 Å². The lowest BCUT2D eigenvalue weighted by molar-refractivity contribution is 0.312. The van der Waals surface area contributed by atoms with Gasteiger partial charge in [-0.1, -0.05) is 26.0 Å². The molecule has 0 saturated carbocycles.